The fourth-order valence-electron chi connectivity index (χ4n) is 2.55. The molecule has 0 atom stereocenters. The summed E-state index contributed by atoms with van der Waals surface area (Å²) in [6, 6.07) is 8.47. The summed E-state index contributed by atoms with van der Waals surface area (Å²) >= 11 is 0. The Morgan fingerprint density at radius 2 is 1.95 bits per heavy atom. The van der Waals surface area contributed by atoms with Gasteiger partial charge in [0, 0.05) is 31.9 Å². The molecule has 0 unspecified atom stereocenters. The number of halogens is 1. The largest absolute Gasteiger partial charge is 0.366 e. The monoisotopic (exact) mass is 288 g/mol. The molecule has 3 rings (SSSR count). The molecule has 1 aliphatic heterocycles. The van der Waals surface area contributed by atoms with E-state index in [0.717, 1.165) is 5.69 Å². The van der Waals surface area contributed by atoms with Crippen LogP contribution in [0.5, 0.6) is 0 Å². The maximum absolute atomic E-state index is 13.8. The standard InChI is InChI=1S/C15H17FN4O/c1-11-10-13(18-17-11)15(21)20-8-6-19(7-9-20)14-5-3-2-4-12(14)16/h2-5,10H,6-9H2,1H3,(H,17,18). The summed E-state index contributed by atoms with van der Waals surface area (Å²) < 4.78 is 13.8. The van der Waals surface area contributed by atoms with E-state index in [1.54, 1.807) is 23.1 Å². The van der Waals surface area contributed by atoms with Crippen LogP contribution in [0.1, 0.15) is 16.2 Å². The highest BCUT2D eigenvalue weighted by Gasteiger charge is 2.24. The molecule has 1 N–H and O–H groups in total. The van der Waals surface area contributed by atoms with E-state index < -0.39 is 0 Å². The van der Waals surface area contributed by atoms with Crippen LogP contribution in [-0.4, -0.2) is 47.2 Å². The predicted octanol–water partition coefficient (Wildman–Crippen LogP) is 1.82. The van der Waals surface area contributed by atoms with Crippen molar-refractivity contribution in [3.8, 4) is 0 Å². The summed E-state index contributed by atoms with van der Waals surface area (Å²) in [5.74, 6) is -0.298. The molecule has 1 aromatic carbocycles. The van der Waals surface area contributed by atoms with Gasteiger partial charge in [0.2, 0.25) is 0 Å². The number of para-hydroxylation sites is 1. The number of hydrogen-bond acceptors (Lipinski definition) is 3. The van der Waals surface area contributed by atoms with E-state index in [1.165, 1.54) is 6.07 Å². The Kier molecular flexibility index (Phi) is 3.60. The Morgan fingerprint density at radius 1 is 1.24 bits per heavy atom. The molecule has 110 valence electrons. The highest BCUT2D eigenvalue weighted by Crippen LogP contribution is 2.20. The minimum atomic E-state index is -0.222. The zero-order chi connectivity index (χ0) is 14.8. The number of anilines is 1. The zero-order valence-electron chi connectivity index (χ0n) is 11.8. The Balaban J connectivity index is 1.65. The average Bonchev–Trinajstić information content (AvgIpc) is 2.94. The minimum absolute atomic E-state index is 0.0764. The smallest absolute Gasteiger partial charge is 0.274 e. The maximum atomic E-state index is 13.8. The first-order chi connectivity index (χ1) is 10.1. The van der Waals surface area contributed by atoms with Crippen molar-refractivity contribution in [2.45, 2.75) is 6.92 Å². The van der Waals surface area contributed by atoms with Gasteiger partial charge in [-0.25, -0.2) is 4.39 Å². The molecule has 0 radical (unpaired) electrons. The third-order valence-corrected chi connectivity index (χ3v) is 3.69. The van der Waals surface area contributed by atoms with E-state index in [4.69, 9.17) is 0 Å². The Morgan fingerprint density at radius 3 is 2.57 bits per heavy atom. The second-order valence-electron chi connectivity index (χ2n) is 5.17. The zero-order valence-corrected chi connectivity index (χ0v) is 11.8. The number of rotatable bonds is 2. The van der Waals surface area contributed by atoms with Gasteiger partial charge in [-0.3, -0.25) is 9.89 Å². The van der Waals surface area contributed by atoms with Crippen LogP contribution in [0.3, 0.4) is 0 Å². The molecule has 0 aliphatic carbocycles. The predicted molar refractivity (Wildman–Crippen MR) is 77.8 cm³/mol. The highest BCUT2D eigenvalue weighted by atomic mass is 19.1. The number of piperazine rings is 1. The topological polar surface area (TPSA) is 52.2 Å². The molecule has 1 amide bonds. The van der Waals surface area contributed by atoms with Crippen molar-refractivity contribution in [3.63, 3.8) is 0 Å². The quantitative estimate of drug-likeness (QED) is 0.917. The summed E-state index contributed by atoms with van der Waals surface area (Å²) in [7, 11) is 0. The molecule has 0 saturated carbocycles. The van der Waals surface area contributed by atoms with Crippen LogP contribution in [0, 0.1) is 12.7 Å². The highest BCUT2D eigenvalue weighted by molar-refractivity contribution is 5.92. The summed E-state index contributed by atoms with van der Waals surface area (Å²) in [4.78, 5) is 16.0. The van der Waals surface area contributed by atoms with E-state index in [1.807, 2.05) is 17.9 Å². The van der Waals surface area contributed by atoms with Crippen molar-refractivity contribution in [3.05, 3.63) is 47.5 Å². The number of aromatic nitrogens is 2. The van der Waals surface area contributed by atoms with Crippen LogP contribution in [0.25, 0.3) is 0 Å². The summed E-state index contributed by atoms with van der Waals surface area (Å²) in [6.45, 7) is 4.24. The number of amides is 1. The van der Waals surface area contributed by atoms with Crippen molar-refractivity contribution in [1.29, 1.82) is 0 Å². The molecule has 1 fully saturated rings. The first-order valence-corrected chi connectivity index (χ1v) is 6.96. The number of benzene rings is 1. The molecule has 2 heterocycles. The second-order valence-corrected chi connectivity index (χ2v) is 5.17. The molecule has 1 aliphatic rings. The van der Waals surface area contributed by atoms with Crippen molar-refractivity contribution in [2.24, 2.45) is 0 Å². The third-order valence-electron chi connectivity index (χ3n) is 3.69. The van der Waals surface area contributed by atoms with Crippen LogP contribution in [-0.2, 0) is 0 Å². The molecular weight excluding hydrogens is 271 g/mol. The number of hydrogen-bond donors (Lipinski definition) is 1. The lowest BCUT2D eigenvalue weighted by Crippen LogP contribution is -2.49. The number of aromatic amines is 1. The fraction of sp³-hybridized carbons (Fsp3) is 0.333. The van der Waals surface area contributed by atoms with Gasteiger partial charge in [0.05, 0.1) is 5.69 Å². The van der Waals surface area contributed by atoms with Gasteiger partial charge in [-0.2, -0.15) is 5.10 Å². The average molecular weight is 288 g/mol. The SMILES string of the molecule is Cc1cc(C(=O)N2CCN(c3ccccc3F)CC2)n[nH]1. The minimum Gasteiger partial charge on any atom is -0.366 e. The van der Waals surface area contributed by atoms with Gasteiger partial charge >= 0.3 is 0 Å². The van der Waals surface area contributed by atoms with Crippen molar-refractivity contribution in [2.75, 3.05) is 31.1 Å². The van der Waals surface area contributed by atoms with Gasteiger partial charge in [-0.05, 0) is 25.1 Å². The first kappa shape index (κ1) is 13.6. The number of carbonyl (C=O) groups is 1. The summed E-state index contributed by atoms with van der Waals surface area (Å²) in [5.41, 5.74) is 1.90. The number of nitrogens with zero attached hydrogens (tertiary/aromatic N) is 3. The lowest BCUT2D eigenvalue weighted by Gasteiger charge is -2.35. The summed E-state index contributed by atoms with van der Waals surface area (Å²) in [5, 5.41) is 6.77. The lowest BCUT2D eigenvalue weighted by atomic mass is 10.2. The van der Waals surface area contributed by atoms with Crippen LogP contribution in [0.15, 0.2) is 30.3 Å². The number of nitrogens with one attached hydrogen (secondary N) is 1. The van der Waals surface area contributed by atoms with Gasteiger partial charge in [-0.1, -0.05) is 12.1 Å². The van der Waals surface area contributed by atoms with Crippen LogP contribution < -0.4 is 4.90 Å². The molecular formula is C15H17FN4O. The molecule has 2 aromatic rings. The van der Waals surface area contributed by atoms with Crippen molar-refractivity contribution >= 4 is 11.6 Å². The van der Waals surface area contributed by atoms with Crippen molar-refractivity contribution < 1.29 is 9.18 Å². The van der Waals surface area contributed by atoms with Gasteiger partial charge in [0.1, 0.15) is 11.5 Å². The molecule has 6 heteroatoms. The second kappa shape index (κ2) is 5.55. The Labute approximate surface area is 122 Å². The molecule has 1 saturated heterocycles. The summed E-state index contributed by atoms with van der Waals surface area (Å²) in [6.07, 6.45) is 0. The van der Waals surface area contributed by atoms with E-state index in [9.17, 15) is 9.18 Å². The maximum Gasteiger partial charge on any atom is 0.274 e. The molecule has 1 aromatic heterocycles. The van der Waals surface area contributed by atoms with Gasteiger partial charge in [0.15, 0.2) is 0 Å². The van der Waals surface area contributed by atoms with Gasteiger partial charge in [0.25, 0.3) is 5.91 Å². The molecule has 21 heavy (non-hydrogen) atoms. The van der Waals surface area contributed by atoms with Crippen LogP contribution >= 0.6 is 0 Å². The van der Waals surface area contributed by atoms with E-state index in [0.29, 0.717) is 37.6 Å². The van der Waals surface area contributed by atoms with Gasteiger partial charge in [-0.15, -0.1) is 0 Å². The third kappa shape index (κ3) is 2.74. The number of carbonyl (C=O) groups excluding carboxylic acids is 1. The number of aryl methyl sites for hydroxylation is 1. The fourth-order valence-corrected chi connectivity index (χ4v) is 2.55. The molecule has 0 spiro atoms. The lowest BCUT2D eigenvalue weighted by molar-refractivity contribution is 0.0740. The van der Waals surface area contributed by atoms with E-state index >= 15 is 0 Å². The van der Waals surface area contributed by atoms with Crippen LogP contribution in [0.2, 0.25) is 0 Å². The van der Waals surface area contributed by atoms with Crippen molar-refractivity contribution in [1.82, 2.24) is 15.1 Å². The first-order valence-electron chi connectivity index (χ1n) is 6.96. The van der Waals surface area contributed by atoms with Crippen LogP contribution in [0.4, 0.5) is 10.1 Å². The number of H-pyrrole nitrogens is 1. The van der Waals surface area contributed by atoms with Gasteiger partial charge < -0.3 is 9.80 Å². The Bertz CT molecular complexity index is 647. The normalized spacial score (nSPS) is 15.3. The Hall–Kier alpha value is -2.37. The van der Waals surface area contributed by atoms with E-state index in [-0.39, 0.29) is 11.7 Å². The molecule has 0 bridgehead atoms. The molecule has 5 nitrogen and oxygen atoms in total. The van der Waals surface area contributed by atoms with E-state index in [2.05, 4.69) is 10.2 Å².